The quantitative estimate of drug-likeness (QED) is 0.880. The molecule has 1 aliphatic heterocycles. The highest BCUT2D eigenvalue weighted by Crippen LogP contribution is 2.35. The van der Waals surface area contributed by atoms with Crippen LogP contribution in [0.5, 0.6) is 0 Å². The third-order valence-corrected chi connectivity index (χ3v) is 4.43. The fourth-order valence-corrected chi connectivity index (χ4v) is 3.75. The van der Waals surface area contributed by atoms with Gasteiger partial charge >= 0.3 is 0 Å². The minimum atomic E-state index is 0.338. The second kappa shape index (κ2) is 5.23. The van der Waals surface area contributed by atoms with Crippen LogP contribution in [0.2, 0.25) is 0 Å². The highest BCUT2D eigenvalue weighted by molar-refractivity contribution is 5.37. The van der Waals surface area contributed by atoms with Crippen LogP contribution in [-0.4, -0.2) is 43.3 Å². The van der Waals surface area contributed by atoms with Gasteiger partial charge in [-0.25, -0.2) is 0 Å². The van der Waals surface area contributed by atoms with Gasteiger partial charge in [-0.05, 0) is 38.4 Å². The predicted molar refractivity (Wildman–Crippen MR) is 77.3 cm³/mol. The van der Waals surface area contributed by atoms with Crippen LogP contribution in [0.4, 0.5) is 0 Å². The third kappa shape index (κ3) is 2.42. The molecule has 0 amide bonds. The van der Waals surface area contributed by atoms with Crippen molar-refractivity contribution in [1.29, 1.82) is 0 Å². The number of nitrogens with zero attached hydrogens (tertiary/aromatic N) is 1. The Morgan fingerprint density at radius 3 is 2.53 bits per heavy atom. The summed E-state index contributed by atoms with van der Waals surface area (Å²) < 4.78 is 5.86. The topological polar surface area (TPSA) is 24.5 Å². The number of rotatable bonds is 2. The molecule has 1 fully saturated rings. The predicted octanol–water partition coefficient (Wildman–Crippen LogP) is 1.98. The number of likely N-dealkylation sites (N-methyl/N-ethyl adjacent to an activating group) is 1. The molecule has 2 aliphatic rings. The average molecular weight is 260 g/mol. The number of fused-ring (bicyclic) bond motifs is 1. The first-order valence-corrected chi connectivity index (χ1v) is 7.33. The number of hydrogen-bond donors (Lipinski definition) is 1. The molecule has 0 radical (unpaired) electrons. The number of hydrogen-bond acceptors (Lipinski definition) is 3. The van der Waals surface area contributed by atoms with E-state index < -0.39 is 0 Å². The summed E-state index contributed by atoms with van der Waals surface area (Å²) in [4.78, 5) is 2.61. The van der Waals surface area contributed by atoms with E-state index in [4.69, 9.17) is 4.74 Å². The number of nitrogens with one attached hydrogen (secondary N) is 1. The summed E-state index contributed by atoms with van der Waals surface area (Å²) in [6.07, 6.45) is 1.83. The van der Waals surface area contributed by atoms with E-state index >= 15 is 0 Å². The average Bonchev–Trinajstić information content (AvgIpc) is 2.76. The zero-order valence-corrected chi connectivity index (χ0v) is 12.1. The molecule has 2 unspecified atom stereocenters. The Bertz CT molecular complexity index is 438. The fraction of sp³-hybridized carbons (Fsp3) is 0.625. The van der Waals surface area contributed by atoms with E-state index in [0.29, 0.717) is 24.3 Å². The minimum Gasteiger partial charge on any atom is -0.373 e. The van der Waals surface area contributed by atoms with Gasteiger partial charge in [-0.2, -0.15) is 0 Å². The van der Waals surface area contributed by atoms with E-state index in [-0.39, 0.29) is 0 Å². The van der Waals surface area contributed by atoms with Gasteiger partial charge in [0.1, 0.15) is 0 Å². The van der Waals surface area contributed by atoms with E-state index in [9.17, 15) is 0 Å². The maximum Gasteiger partial charge on any atom is 0.0678 e. The van der Waals surface area contributed by atoms with Crippen molar-refractivity contribution < 1.29 is 4.74 Å². The van der Waals surface area contributed by atoms with Crippen LogP contribution < -0.4 is 5.32 Å². The maximum atomic E-state index is 5.86. The Labute approximate surface area is 115 Å². The smallest absolute Gasteiger partial charge is 0.0678 e. The summed E-state index contributed by atoms with van der Waals surface area (Å²) in [7, 11) is 2.08. The van der Waals surface area contributed by atoms with E-state index in [0.717, 1.165) is 19.5 Å². The van der Waals surface area contributed by atoms with E-state index in [1.807, 2.05) is 0 Å². The van der Waals surface area contributed by atoms with E-state index in [1.54, 1.807) is 0 Å². The molecule has 1 saturated heterocycles. The molecule has 1 aromatic carbocycles. The lowest BCUT2D eigenvalue weighted by Gasteiger charge is -2.41. The van der Waals surface area contributed by atoms with Gasteiger partial charge in [0, 0.05) is 25.2 Å². The first-order valence-electron chi connectivity index (χ1n) is 7.33. The van der Waals surface area contributed by atoms with Crippen LogP contribution in [0, 0.1) is 0 Å². The molecular formula is C16H24N2O. The fourth-order valence-electron chi connectivity index (χ4n) is 3.75. The molecule has 0 bridgehead atoms. The SMILES string of the molecule is CNC1c2ccccc2CC1N1C[C@@H](C)O[C@@H](C)C1. The van der Waals surface area contributed by atoms with Crippen LogP contribution in [0.1, 0.15) is 31.0 Å². The molecular weight excluding hydrogens is 236 g/mol. The zero-order valence-electron chi connectivity index (χ0n) is 12.1. The summed E-state index contributed by atoms with van der Waals surface area (Å²) in [5.41, 5.74) is 2.97. The summed E-state index contributed by atoms with van der Waals surface area (Å²) in [5, 5.41) is 3.51. The molecule has 3 nitrogen and oxygen atoms in total. The lowest BCUT2D eigenvalue weighted by atomic mass is 10.0. The Morgan fingerprint density at radius 2 is 1.84 bits per heavy atom. The van der Waals surface area contributed by atoms with Crippen LogP contribution >= 0.6 is 0 Å². The minimum absolute atomic E-state index is 0.338. The van der Waals surface area contributed by atoms with Crippen molar-refractivity contribution in [2.75, 3.05) is 20.1 Å². The second-order valence-electron chi connectivity index (χ2n) is 5.95. The van der Waals surface area contributed by atoms with Gasteiger partial charge in [-0.15, -0.1) is 0 Å². The van der Waals surface area contributed by atoms with Crippen molar-refractivity contribution in [1.82, 2.24) is 10.2 Å². The zero-order chi connectivity index (χ0) is 13.4. The van der Waals surface area contributed by atoms with E-state index in [2.05, 4.69) is 55.4 Å². The molecule has 0 saturated carbocycles. The lowest BCUT2D eigenvalue weighted by molar-refractivity contribution is -0.0828. The molecule has 104 valence electrons. The Morgan fingerprint density at radius 1 is 1.16 bits per heavy atom. The highest BCUT2D eigenvalue weighted by Gasteiger charge is 2.37. The normalized spacial score (nSPS) is 35.3. The largest absolute Gasteiger partial charge is 0.373 e. The first-order chi connectivity index (χ1) is 9.19. The van der Waals surface area contributed by atoms with Gasteiger partial charge in [0.05, 0.1) is 12.2 Å². The molecule has 3 heteroatoms. The first kappa shape index (κ1) is 13.1. The van der Waals surface area contributed by atoms with Crippen molar-refractivity contribution in [3.63, 3.8) is 0 Å². The van der Waals surface area contributed by atoms with Crippen molar-refractivity contribution in [3.05, 3.63) is 35.4 Å². The summed E-state index contributed by atoms with van der Waals surface area (Å²) in [6.45, 7) is 6.45. The lowest BCUT2D eigenvalue weighted by Crippen LogP contribution is -2.52. The second-order valence-corrected chi connectivity index (χ2v) is 5.95. The Kier molecular flexibility index (Phi) is 3.61. The van der Waals surface area contributed by atoms with Gasteiger partial charge in [0.2, 0.25) is 0 Å². The van der Waals surface area contributed by atoms with Crippen LogP contribution in [0.25, 0.3) is 0 Å². The van der Waals surface area contributed by atoms with Crippen molar-refractivity contribution in [2.24, 2.45) is 0 Å². The van der Waals surface area contributed by atoms with Crippen LogP contribution in [0.15, 0.2) is 24.3 Å². The van der Waals surface area contributed by atoms with Crippen molar-refractivity contribution in [2.45, 2.75) is 44.6 Å². The molecule has 1 aliphatic carbocycles. The Hall–Kier alpha value is -0.900. The molecule has 19 heavy (non-hydrogen) atoms. The maximum absolute atomic E-state index is 5.86. The van der Waals surface area contributed by atoms with Crippen molar-refractivity contribution in [3.8, 4) is 0 Å². The summed E-state index contributed by atoms with van der Waals surface area (Å²) >= 11 is 0. The molecule has 0 aromatic heterocycles. The molecule has 3 rings (SSSR count). The van der Waals surface area contributed by atoms with Gasteiger partial charge in [0.25, 0.3) is 0 Å². The molecule has 1 aromatic rings. The summed E-state index contributed by atoms with van der Waals surface area (Å²) in [5.74, 6) is 0. The van der Waals surface area contributed by atoms with Crippen molar-refractivity contribution >= 4 is 0 Å². The van der Waals surface area contributed by atoms with E-state index in [1.165, 1.54) is 11.1 Å². The van der Waals surface area contributed by atoms with Crippen LogP contribution in [-0.2, 0) is 11.2 Å². The molecule has 1 N–H and O–H groups in total. The van der Waals surface area contributed by atoms with Gasteiger partial charge in [0.15, 0.2) is 0 Å². The number of ether oxygens (including phenoxy) is 1. The van der Waals surface area contributed by atoms with Gasteiger partial charge in [-0.3, -0.25) is 4.90 Å². The van der Waals surface area contributed by atoms with Gasteiger partial charge in [-0.1, -0.05) is 24.3 Å². The molecule has 4 atom stereocenters. The highest BCUT2D eigenvalue weighted by atomic mass is 16.5. The van der Waals surface area contributed by atoms with Gasteiger partial charge < -0.3 is 10.1 Å². The third-order valence-electron chi connectivity index (χ3n) is 4.43. The summed E-state index contributed by atoms with van der Waals surface area (Å²) in [6, 6.07) is 9.86. The number of benzene rings is 1. The number of morpholine rings is 1. The Balaban J connectivity index is 1.82. The van der Waals surface area contributed by atoms with Crippen LogP contribution in [0.3, 0.4) is 0 Å². The molecule has 1 heterocycles. The molecule has 0 spiro atoms. The standard InChI is InChI=1S/C16H24N2O/c1-11-9-18(10-12(2)19-11)15-8-13-6-4-5-7-14(13)16(15)17-3/h4-7,11-12,15-17H,8-10H2,1-3H3/t11-,12+,15?,16?. The monoisotopic (exact) mass is 260 g/mol.